The van der Waals surface area contributed by atoms with Gasteiger partial charge in [-0.25, -0.2) is 0 Å². The van der Waals surface area contributed by atoms with Crippen LogP contribution in [0.25, 0.3) is 0 Å². The number of hydrogen-bond acceptors (Lipinski definition) is 4. The third-order valence-corrected chi connectivity index (χ3v) is 4.34. The number of aliphatic hydroxyl groups excluding tert-OH is 1. The fourth-order valence-corrected chi connectivity index (χ4v) is 2.64. The van der Waals surface area contributed by atoms with Gasteiger partial charge in [0.25, 0.3) is 0 Å². The van der Waals surface area contributed by atoms with Crippen molar-refractivity contribution in [2.75, 3.05) is 26.2 Å². The maximum absolute atomic E-state index is 12.1. The molecule has 1 amide bonds. The fraction of sp³-hybridized carbons (Fsp3) is 0.533. The average molecular weight is 357 g/mol. The van der Waals surface area contributed by atoms with Crippen LogP contribution < -0.4 is 15.4 Å². The van der Waals surface area contributed by atoms with E-state index in [1.165, 1.54) is 0 Å². The van der Waals surface area contributed by atoms with Gasteiger partial charge in [-0.1, -0.05) is 12.1 Å². The summed E-state index contributed by atoms with van der Waals surface area (Å²) in [7, 11) is 0. The minimum Gasteiger partial charge on any atom is -0.490 e. The molecule has 0 saturated carbocycles. The summed E-state index contributed by atoms with van der Waals surface area (Å²) in [6, 6.07) is 7.45. The zero-order valence-electron chi connectivity index (χ0n) is 12.1. The monoisotopic (exact) mass is 356 g/mol. The third kappa shape index (κ3) is 4.43. The molecule has 5 nitrogen and oxygen atoms in total. The van der Waals surface area contributed by atoms with Crippen LogP contribution in [0.4, 0.5) is 0 Å². The molecule has 1 aromatic carbocycles. The lowest BCUT2D eigenvalue weighted by molar-refractivity contribution is -0.129. The number of hydrogen-bond donors (Lipinski definition) is 3. The molecule has 6 heteroatoms. The summed E-state index contributed by atoms with van der Waals surface area (Å²) in [6.45, 7) is 3.81. The third-order valence-electron chi connectivity index (χ3n) is 3.68. The molecule has 116 valence electrons. The Morgan fingerprint density at radius 1 is 1.57 bits per heavy atom. The van der Waals surface area contributed by atoms with Crippen LogP contribution in [-0.4, -0.2) is 43.4 Å². The van der Waals surface area contributed by atoms with E-state index in [9.17, 15) is 9.90 Å². The van der Waals surface area contributed by atoms with Crippen molar-refractivity contribution < 1.29 is 14.6 Å². The van der Waals surface area contributed by atoms with E-state index in [1.807, 2.05) is 31.2 Å². The zero-order valence-corrected chi connectivity index (χ0v) is 13.6. The van der Waals surface area contributed by atoms with Gasteiger partial charge in [-0.15, -0.1) is 0 Å². The molecule has 1 fully saturated rings. The van der Waals surface area contributed by atoms with E-state index in [0.717, 1.165) is 17.4 Å². The topological polar surface area (TPSA) is 70.6 Å². The molecule has 0 aromatic heterocycles. The summed E-state index contributed by atoms with van der Waals surface area (Å²) in [5.41, 5.74) is -0.372. The van der Waals surface area contributed by atoms with Gasteiger partial charge in [-0.3, -0.25) is 4.79 Å². The highest BCUT2D eigenvalue weighted by Gasteiger charge is 2.36. The summed E-state index contributed by atoms with van der Waals surface area (Å²) >= 11 is 3.38. The van der Waals surface area contributed by atoms with Gasteiger partial charge in [0.2, 0.25) is 5.91 Å². The molecule has 0 unspecified atom stereocenters. The maximum Gasteiger partial charge on any atom is 0.227 e. The highest BCUT2D eigenvalue weighted by molar-refractivity contribution is 9.10. The van der Waals surface area contributed by atoms with Gasteiger partial charge in [0.05, 0.1) is 9.89 Å². The highest BCUT2D eigenvalue weighted by Crippen LogP contribution is 2.25. The van der Waals surface area contributed by atoms with Crippen LogP contribution in [0.2, 0.25) is 0 Å². The van der Waals surface area contributed by atoms with E-state index in [-0.39, 0.29) is 24.5 Å². The minimum absolute atomic E-state index is 0.0209. The lowest BCUT2D eigenvalue weighted by Crippen LogP contribution is -2.44. The van der Waals surface area contributed by atoms with Crippen molar-refractivity contribution in [1.82, 2.24) is 10.6 Å². The Morgan fingerprint density at radius 2 is 2.33 bits per heavy atom. The van der Waals surface area contributed by atoms with Gasteiger partial charge in [0.1, 0.15) is 18.5 Å². The van der Waals surface area contributed by atoms with E-state index in [2.05, 4.69) is 26.6 Å². The highest BCUT2D eigenvalue weighted by atomic mass is 79.9. The summed E-state index contributed by atoms with van der Waals surface area (Å²) in [6.07, 6.45) is 0.0848. The second kappa shape index (κ2) is 7.24. The average Bonchev–Trinajstić information content (AvgIpc) is 2.92. The molecule has 1 saturated heterocycles. The molecular weight excluding hydrogens is 336 g/mol. The predicted octanol–water partition coefficient (Wildman–Crippen LogP) is 1.30. The van der Waals surface area contributed by atoms with Crippen molar-refractivity contribution in [3.63, 3.8) is 0 Å². The fourth-order valence-electron chi connectivity index (χ4n) is 2.24. The van der Waals surface area contributed by atoms with Crippen molar-refractivity contribution in [3.05, 3.63) is 28.7 Å². The Bertz CT molecular complexity index is 490. The summed E-state index contributed by atoms with van der Waals surface area (Å²) in [5, 5.41) is 15.9. The molecule has 2 atom stereocenters. The second-order valence-electron chi connectivity index (χ2n) is 5.59. The quantitative estimate of drug-likeness (QED) is 0.718. The largest absolute Gasteiger partial charge is 0.490 e. The molecular formula is C15H21BrN2O3. The van der Waals surface area contributed by atoms with Crippen molar-refractivity contribution >= 4 is 21.8 Å². The Labute approximate surface area is 133 Å². The first-order valence-corrected chi connectivity index (χ1v) is 7.85. The maximum atomic E-state index is 12.1. The number of para-hydroxylation sites is 1. The van der Waals surface area contributed by atoms with Gasteiger partial charge >= 0.3 is 0 Å². The molecule has 0 spiro atoms. The van der Waals surface area contributed by atoms with Crippen LogP contribution in [0.3, 0.4) is 0 Å². The summed E-state index contributed by atoms with van der Waals surface area (Å²) < 4.78 is 6.36. The van der Waals surface area contributed by atoms with Crippen LogP contribution in [0.5, 0.6) is 5.75 Å². The van der Waals surface area contributed by atoms with E-state index in [4.69, 9.17) is 4.74 Å². The Morgan fingerprint density at radius 3 is 3.00 bits per heavy atom. The van der Waals surface area contributed by atoms with Gasteiger partial charge in [-0.2, -0.15) is 0 Å². The number of rotatable bonds is 6. The molecule has 1 heterocycles. The normalized spacial score (nSPS) is 22.8. The lowest BCUT2D eigenvalue weighted by atomic mass is 9.89. The molecule has 1 aliphatic rings. The molecule has 2 rings (SSSR count). The molecule has 1 aromatic rings. The van der Waals surface area contributed by atoms with Crippen LogP contribution in [0, 0.1) is 5.41 Å². The lowest BCUT2D eigenvalue weighted by Gasteiger charge is -2.22. The van der Waals surface area contributed by atoms with Crippen molar-refractivity contribution in [2.45, 2.75) is 19.4 Å². The molecule has 0 radical (unpaired) electrons. The first kappa shape index (κ1) is 16.3. The zero-order chi connectivity index (χ0) is 15.3. The number of ether oxygens (including phenoxy) is 1. The van der Waals surface area contributed by atoms with E-state index in [1.54, 1.807) is 0 Å². The van der Waals surface area contributed by atoms with Crippen molar-refractivity contribution in [2.24, 2.45) is 5.41 Å². The van der Waals surface area contributed by atoms with E-state index >= 15 is 0 Å². The first-order valence-electron chi connectivity index (χ1n) is 7.06. The predicted molar refractivity (Wildman–Crippen MR) is 84.2 cm³/mol. The molecule has 3 N–H and O–H groups in total. The SMILES string of the molecule is C[C@]1(C(=O)NC[C@@H](O)COc2ccccc2Br)CCNC1. The van der Waals surface area contributed by atoms with E-state index in [0.29, 0.717) is 12.3 Å². The molecule has 0 aliphatic carbocycles. The molecule has 21 heavy (non-hydrogen) atoms. The number of benzene rings is 1. The van der Waals surface area contributed by atoms with Crippen LogP contribution >= 0.6 is 15.9 Å². The van der Waals surface area contributed by atoms with Gasteiger partial charge in [0.15, 0.2) is 0 Å². The van der Waals surface area contributed by atoms with Crippen molar-refractivity contribution in [3.8, 4) is 5.75 Å². The summed E-state index contributed by atoms with van der Waals surface area (Å²) in [5.74, 6) is 0.655. The van der Waals surface area contributed by atoms with E-state index < -0.39 is 6.10 Å². The van der Waals surface area contributed by atoms with Gasteiger partial charge < -0.3 is 20.5 Å². The molecule has 1 aliphatic heterocycles. The minimum atomic E-state index is -0.737. The second-order valence-corrected chi connectivity index (χ2v) is 6.45. The smallest absolute Gasteiger partial charge is 0.227 e. The Kier molecular flexibility index (Phi) is 5.61. The summed E-state index contributed by atoms with van der Waals surface area (Å²) in [4.78, 5) is 12.1. The number of amides is 1. The number of halogens is 1. The Balaban J connectivity index is 1.74. The van der Waals surface area contributed by atoms with Gasteiger partial charge in [-0.05, 0) is 48.0 Å². The van der Waals surface area contributed by atoms with Gasteiger partial charge in [0, 0.05) is 13.1 Å². The van der Waals surface area contributed by atoms with Crippen LogP contribution in [-0.2, 0) is 4.79 Å². The number of aliphatic hydroxyl groups is 1. The number of carbonyl (C=O) groups is 1. The molecule has 0 bridgehead atoms. The standard InChI is InChI=1S/C15H21BrN2O3/c1-15(6-7-17-10-15)14(20)18-8-11(19)9-21-13-5-3-2-4-12(13)16/h2-5,11,17,19H,6-10H2,1H3,(H,18,20)/t11-,15+/m1/s1. The van der Waals surface area contributed by atoms with Crippen molar-refractivity contribution in [1.29, 1.82) is 0 Å². The Hall–Kier alpha value is -1.11. The van der Waals surface area contributed by atoms with Crippen LogP contribution in [0.15, 0.2) is 28.7 Å². The number of carbonyl (C=O) groups excluding carboxylic acids is 1. The number of nitrogens with one attached hydrogen (secondary N) is 2. The van der Waals surface area contributed by atoms with Crippen LogP contribution in [0.1, 0.15) is 13.3 Å². The first-order chi connectivity index (χ1) is 10.0.